The van der Waals surface area contributed by atoms with E-state index in [2.05, 4.69) is 73.7 Å². The first-order valence-corrected chi connectivity index (χ1v) is 33.7. The summed E-state index contributed by atoms with van der Waals surface area (Å²) in [7, 11) is 6.82. The van der Waals surface area contributed by atoms with Gasteiger partial charge in [-0.2, -0.15) is 36.8 Å². The quantitative estimate of drug-likeness (QED) is 0.0688. The smallest absolute Gasteiger partial charge is 0.327 e. The van der Waals surface area contributed by atoms with Gasteiger partial charge in [0.05, 0.1) is 68.0 Å². The third-order valence-electron chi connectivity index (χ3n) is 16.1. The van der Waals surface area contributed by atoms with Crippen molar-refractivity contribution in [1.82, 2.24) is 48.9 Å². The monoisotopic (exact) mass is 1410 g/mol. The number of thiophene rings is 2. The van der Waals surface area contributed by atoms with Crippen molar-refractivity contribution < 1.29 is 56.4 Å². The highest BCUT2D eigenvalue weighted by atomic mass is 32.1. The maximum absolute atomic E-state index is 14.0. The van der Waals surface area contributed by atoms with Crippen LogP contribution in [0.5, 0.6) is 0 Å². The highest BCUT2D eigenvalue weighted by molar-refractivity contribution is 7.13. The fraction of sp³-hybridized carbons (Fsp3) is 0.154. The largest absolute Gasteiger partial charge is 0.468 e. The Morgan fingerprint density at radius 1 is 0.353 bits per heavy atom. The number of aromatic nitrogens is 10. The number of fused-ring (bicyclic) bond motifs is 5. The Kier molecular flexibility index (Phi) is 23.0. The summed E-state index contributed by atoms with van der Waals surface area (Å²) in [5, 5.41) is 33.5. The Labute approximate surface area is 592 Å². The van der Waals surface area contributed by atoms with Gasteiger partial charge in [-0.05, 0) is 91.3 Å². The van der Waals surface area contributed by atoms with Crippen molar-refractivity contribution in [2.24, 2.45) is 0 Å². The lowest BCUT2D eigenvalue weighted by atomic mass is 10.1. The van der Waals surface area contributed by atoms with Crippen LogP contribution in [0.15, 0.2) is 222 Å². The van der Waals surface area contributed by atoms with Gasteiger partial charge in [-0.3, -0.25) is 47.4 Å². The summed E-state index contributed by atoms with van der Waals surface area (Å²) in [6.07, 6.45) is 0. The van der Waals surface area contributed by atoms with Crippen molar-refractivity contribution >= 4 is 107 Å². The number of carbonyl (C=O) groups excluding carboxylic acids is 5. The second-order valence-electron chi connectivity index (χ2n) is 22.9. The number of ether oxygens (including phenoxy) is 5. The Morgan fingerprint density at radius 2 is 0.696 bits per heavy atom. The molecule has 0 fully saturated rings. The Morgan fingerprint density at radius 3 is 1.03 bits per heavy atom. The third-order valence-corrected chi connectivity index (χ3v) is 17.7. The van der Waals surface area contributed by atoms with Gasteiger partial charge in [-0.15, -0.1) is 11.3 Å². The van der Waals surface area contributed by atoms with Crippen LogP contribution in [0.3, 0.4) is 0 Å². The lowest BCUT2D eigenvalue weighted by Crippen LogP contribution is -2.12. The predicted octanol–water partition coefficient (Wildman–Crippen LogP) is 15.4. The van der Waals surface area contributed by atoms with Gasteiger partial charge in [0.2, 0.25) is 0 Å². The number of hydrogen-bond acceptors (Lipinski definition) is 17. The van der Waals surface area contributed by atoms with Crippen molar-refractivity contribution in [2.45, 2.75) is 46.6 Å². The van der Waals surface area contributed by atoms with Gasteiger partial charge in [-0.1, -0.05) is 145 Å². The predicted molar refractivity (Wildman–Crippen MR) is 391 cm³/mol. The SMILES string of the molecule is COC(=O)Cn1nc(-c2ccc(F)cc2F)c2ccccc21.COC(=O)Cn1nc(-c2cccc(C)c2)c2ccccc21.COC(=O)Cn1nc(-c2cccc(C)c2)c2ccccc21.COC(=O)Cn1nc(-c2cccs2)c2ccccc21.COC(=O)Cn1nc(-c2ccsc2)c2ccccc21. The molecule has 24 heteroatoms. The second-order valence-corrected chi connectivity index (χ2v) is 24.6. The molecular formula is C78H68F2N10O10S2. The molecule has 15 aromatic rings. The molecular weight excluding hydrogens is 1340 g/mol. The van der Waals surface area contributed by atoms with E-state index in [4.69, 9.17) is 18.9 Å². The highest BCUT2D eigenvalue weighted by Gasteiger charge is 2.21. The van der Waals surface area contributed by atoms with Gasteiger partial charge >= 0.3 is 29.8 Å². The number of benzene rings is 8. The van der Waals surface area contributed by atoms with E-state index in [-0.39, 0.29) is 62.2 Å². The van der Waals surface area contributed by atoms with Crippen LogP contribution in [0.1, 0.15) is 11.1 Å². The van der Waals surface area contributed by atoms with E-state index in [1.807, 2.05) is 150 Å². The van der Waals surface area contributed by atoms with E-state index in [0.717, 1.165) is 94.0 Å². The highest BCUT2D eigenvalue weighted by Crippen LogP contribution is 2.35. The van der Waals surface area contributed by atoms with E-state index in [0.29, 0.717) is 16.6 Å². The van der Waals surface area contributed by atoms with Crippen molar-refractivity contribution in [2.75, 3.05) is 35.5 Å². The number of para-hydroxylation sites is 5. The van der Waals surface area contributed by atoms with Gasteiger partial charge in [0.1, 0.15) is 72.8 Å². The van der Waals surface area contributed by atoms with Crippen LogP contribution in [0.2, 0.25) is 0 Å². The Balaban J connectivity index is 0.000000128. The lowest BCUT2D eigenvalue weighted by molar-refractivity contribution is -0.142. The summed E-state index contributed by atoms with van der Waals surface area (Å²) in [5.74, 6) is -3.03. The average molecular weight is 1410 g/mol. The minimum atomic E-state index is -0.700. The molecule has 0 spiro atoms. The molecule has 0 amide bonds. The van der Waals surface area contributed by atoms with E-state index in [9.17, 15) is 32.8 Å². The number of methoxy groups -OCH3 is 5. The summed E-state index contributed by atoms with van der Waals surface area (Å²) in [6.45, 7) is 4.50. The molecule has 0 bridgehead atoms. The van der Waals surface area contributed by atoms with E-state index in [1.165, 1.54) is 63.5 Å². The average Bonchev–Trinajstić information content (AvgIpc) is 1.66. The molecule has 516 valence electrons. The van der Waals surface area contributed by atoms with Crippen LogP contribution in [0.4, 0.5) is 8.78 Å². The summed E-state index contributed by atoms with van der Waals surface area (Å²) in [6, 6.07) is 64.5. The first-order valence-electron chi connectivity index (χ1n) is 31.8. The second kappa shape index (κ2) is 33.1. The summed E-state index contributed by atoms with van der Waals surface area (Å²) in [4.78, 5) is 58.5. The molecule has 0 aliphatic heterocycles. The number of nitrogens with zero attached hydrogens (tertiary/aromatic N) is 10. The summed E-state index contributed by atoms with van der Waals surface area (Å²) < 4.78 is 58.8. The molecule has 0 aliphatic carbocycles. The fourth-order valence-electron chi connectivity index (χ4n) is 11.3. The van der Waals surface area contributed by atoms with Crippen molar-refractivity contribution in [3.63, 3.8) is 0 Å². The molecule has 15 rings (SSSR count). The molecule has 0 atom stereocenters. The molecule has 0 saturated heterocycles. The van der Waals surface area contributed by atoms with Crippen molar-refractivity contribution in [3.05, 3.63) is 245 Å². The van der Waals surface area contributed by atoms with Gasteiger partial charge in [0.25, 0.3) is 0 Å². The van der Waals surface area contributed by atoms with Crippen LogP contribution in [0.25, 0.3) is 110 Å². The number of aryl methyl sites for hydroxylation is 2. The molecule has 0 saturated carbocycles. The zero-order valence-electron chi connectivity index (χ0n) is 56.5. The lowest BCUT2D eigenvalue weighted by Gasteiger charge is -2.01. The normalized spacial score (nSPS) is 10.8. The molecule has 0 radical (unpaired) electrons. The number of hydrogen-bond donors (Lipinski definition) is 0. The van der Waals surface area contributed by atoms with E-state index < -0.39 is 17.6 Å². The zero-order chi connectivity index (χ0) is 71.8. The number of rotatable bonds is 15. The van der Waals surface area contributed by atoms with Gasteiger partial charge in [0.15, 0.2) is 0 Å². The molecule has 7 aromatic heterocycles. The van der Waals surface area contributed by atoms with Crippen LogP contribution < -0.4 is 0 Å². The van der Waals surface area contributed by atoms with Crippen LogP contribution in [-0.4, -0.2) is 114 Å². The van der Waals surface area contributed by atoms with Crippen LogP contribution >= 0.6 is 22.7 Å². The van der Waals surface area contributed by atoms with E-state index >= 15 is 0 Å². The molecule has 0 N–H and O–H groups in total. The summed E-state index contributed by atoms with van der Waals surface area (Å²) >= 11 is 3.27. The van der Waals surface area contributed by atoms with Gasteiger partial charge in [-0.25, -0.2) is 8.78 Å². The molecule has 8 aromatic carbocycles. The number of esters is 5. The first-order chi connectivity index (χ1) is 49.6. The first kappa shape index (κ1) is 71.0. The Bertz CT molecular complexity index is 5200. The van der Waals surface area contributed by atoms with Crippen LogP contribution in [-0.2, 0) is 80.4 Å². The van der Waals surface area contributed by atoms with Crippen LogP contribution in [0, 0.1) is 25.5 Å². The van der Waals surface area contributed by atoms with E-state index in [1.54, 1.807) is 65.7 Å². The number of halogens is 2. The van der Waals surface area contributed by atoms with Gasteiger partial charge in [0, 0.05) is 60.6 Å². The summed E-state index contributed by atoms with van der Waals surface area (Å²) in [5.41, 5.74) is 14.1. The van der Waals surface area contributed by atoms with Crippen molar-refractivity contribution in [3.8, 4) is 55.6 Å². The standard InChI is InChI=1S/2C17H16N2O2.C16H12F2N2O2.2C14H12N2O2S/c2*1-12-6-5-7-13(10-12)17-14-8-3-4-9-15(14)19(18-17)11-16(20)21-2;1-22-15(21)9-20-14-5-3-2-4-12(14)16(19-20)11-7-6-10(17)8-13(11)18;1-18-13(17)9-16-11-6-3-2-5-10(11)14(15-16)12-7-4-8-19-12;1-18-13(17)8-16-12-5-3-2-4-11(12)14(15-16)10-6-7-19-9-10/h2*3-10H,11H2,1-2H3;2-8H,9H2,1H3;2-8H,9H2,1H3;2-7,9H,8H2,1H3. The molecule has 0 aliphatic rings. The maximum Gasteiger partial charge on any atom is 0.327 e. The zero-order valence-corrected chi connectivity index (χ0v) is 58.2. The molecule has 7 heterocycles. The Hall–Kier alpha value is -12.3. The topological polar surface area (TPSA) is 221 Å². The molecule has 102 heavy (non-hydrogen) atoms. The fourth-order valence-corrected chi connectivity index (χ4v) is 12.6. The minimum Gasteiger partial charge on any atom is -0.468 e. The van der Waals surface area contributed by atoms with Gasteiger partial charge < -0.3 is 23.7 Å². The minimum absolute atomic E-state index is 0.0835. The third kappa shape index (κ3) is 16.5. The van der Waals surface area contributed by atoms with Crippen molar-refractivity contribution in [1.29, 1.82) is 0 Å². The number of carbonyl (C=O) groups is 5. The molecule has 0 unspecified atom stereocenters. The molecule has 20 nitrogen and oxygen atoms in total. The maximum atomic E-state index is 14.0.